The Hall–Kier alpha value is -1.25. The van der Waals surface area contributed by atoms with Gasteiger partial charge in [0.15, 0.2) is 0 Å². The van der Waals surface area contributed by atoms with E-state index in [0.717, 1.165) is 18.8 Å². The van der Waals surface area contributed by atoms with Gasteiger partial charge in [0.2, 0.25) is 0 Å². The standard InChI is InChI=1S/C13H22N2O/c1-3-5-6-11(4-2)10-16-13-7-8-15-9-12(13)14/h7-9,11H,3-6,10,14H2,1-2H3. The van der Waals surface area contributed by atoms with Crippen molar-refractivity contribution >= 4 is 5.69 Å². The smallest absolute Gasteiger partial charge is 0.145 e. The molecule has 16 heavy (non-hydrogen) atoms. The molecule has 1 rings (SSSR count). The fourth-order valence-corrected chi connectivity index (χ4v) is 1.63. The summed E-state index contributed by atoms with van der Waals surface area (Å²) in [5.41, 5.74) is 6.38. The Kier molecular flexibility index (Phi) is 5.68. The summed E-state index contributed by atoms with van der Waals surface area (Å²) < 4.78 is 5.72. The summed E-state index contributed by atoms with van der Waals surface area (Å²) in [6.07, 6.45) is 8.24. The van der Waals surface area contributed by atoms with Crippen LogP contribution in [0, 0.1) is 5.92 Å². The number of nitrogens with zero attached hydrogens (tertiary/aromatic N) is 1. The normalized spacial score (nSPS) is 12.4. The topological polar surface area (TPSA) is 48.1 Å². The van der Waals surface area contributed by atoms with Crippen LogP contribution < -0.4 is 10.5 Å². The van der Waals surface area contributed by atoms with E-state index in [1.54, 1.807) is 12.4 Å². The van der Waals surface area contributed by atoms with Crippen molar-refractivity contribution < 1.29 is 4.74 Å². The molecule has 3 heteroatoms. The van der Waals surface area contributed by atoms with Crippen molar-refractivity contribution in [3.63, 3.8) is 0 Å². The molecule has 1 heterocycles. The zero-order valence-electron chi connectivity index (χ0n) is 10.3. The third-order valence-corrected chi connectivity index (χ3v) is 2.83. The average molecular weight is 222 g/mol. The predicted molar refractivity (Wildman–Crippen MR) is 67.5 cm³/mol. The molecule has 0 bridgehead atoms. The summed E-state index contributed by atoms with van der Waals surface area (Å²) in [6.45, 7) is 5.18. The summed E-state index contributed by atoms with van der Waals surface area (Å²) in [5.74, 6) is 1.39. The van der Waals surface area contributed by atoms with Gasteiger partial charge in [-0.05, 0) is 12.3 Å². The van der Waals surface area contributed by atoms with E-state index >= 15 is 0 Å². The summed E-state index contributed by atoms with van der Waals surface area (Å²) in [7, 11) is 0. The summed E-state index contributed by atoms with van der Waals surface area (Å²) in [4.78, 5) is 3.94. The second-order valence-electron chi connectivity index (χ2n) is 4.14. The van der Waals surface area contributed by atoms with E-state index in [1.807, 2.05) is 6.07 Å². The Bertz CT molecular complexity index is 302. The molecule has 0 spiro atoms. The monoisotopic (exact) mass is 222 g/mol. The molecule has 0 amide bonds. The maximum absolute atomic E-state index is 5.76. The van der Waals surface area contributed by atoms with Gasteiger partial charge in [0.05, 0.1) is 18.5 Å². The van der Waals surface area contributed by atoms with Gasteiger partial charge >= 0.3 is 0 Å². The lowest BCUT2D eigenvalue weighted by Gasteiger charge is -2.16. The fourth-order valence-electron chi connectivity index (χ4n) is 1.63. The van der Waals surface area contributed by atoms with Crippen LogP contribution in [0.2, 0.25) is 0 Å². The number of ether oxygens (including phenoxy) is 1. The van der Waals surface area contributed by atoms with E-state index in [2.05, 4.69) is 18.8 Å². The maximum Gasteiger partial charge on any atom is 0.145 e. The molecular weight excluding hydrogens is 200 g/mol. The highest BCUT2D eigenvalue weighted by atomic mass is 16.5. The van der Waals surface area contributed by atoms with Crippen LogP contribution in [-0.4, -0.2) is 11.6 Å². The van der Waals surface area contributed by atoms with Crippen molar-refractivity contribution in [3.05, 3.63) is 18.5 Å². The Morgan fingerprint density at radius 2 is 2.25 bits per heavy atom. The van der Waals surface area contributed by atoms with Gasteiger partial charge in [-0.15, -0.1) is 0 Å². The van der Waals surface area contributed by atoms with Gasteiger partial charge in [0.25, 0.3) is 0 Å². The molecule has 3 nitrogen and oxygen atoms in total. The minimum absolute atomic E-state index is 0.618. The first kappa shape index (κ1) is 12.8. The minimum Gasteiger partial charge on any atom is -0.491 e. The summed E-state index contributed by atoms with van der Waals surface area (Å²) in [6, 6.07) is 1.82. The number of unbranched alkanes of at least 4 members (excludes halogenated alkanes) is 1. The predicted octanol–water partition coefficient (Wildman–Crippen LogP) is 3.26. The Morgan fingerprint density at radius 3 is 2.88 bits per heavy atom. The minimum atomic E-state index is 0.618. The summed E-state index contributed by atoms with van der Waals surface area (Å²) >= 11 is 0. The van der Waals surface area contributed by atoms with E-state index in [9.17, 15) is 0 Å². The van der Waals surface area contributed by atoms with E-state index in [0.29, 0.717) is 11.6 Å². The zero-order chi connectivity index (χ0) is 11.8. The van der Waals surface area contributed by atoms with E-state index in [1.165, 1.54) is 19.3 Å². The van der Waals surface area contributed by atoms with Crippen molar-refractivity contribution in [2.24, 2.45) is 5.92 Å². The third kappa shape index (κ3) is 4.09. The van der Waals surface area contributed by atoms with Crippen molar-refractivity contribution in [1.82, 2.24) is 4.98 Å². The average Bonchev–Trinajstić information content (AvgIpc) is 2.31. The molecule has 0 saturated carbocycles. The molecule has 90 valence electrons. The van der Waals surface area contributed by atoms with Crippen LogP contribution in [-0.2, 0) is 0 Å². The van der Waals surface area contributed by atoms with Crippen molar-refractivity contribution in [2.75, 3.05) is 12.3 Å². The highest BCUT2D eigenvalue weighted by molar-refractivity contribution is 5.49. The molecule has 1 aromatic heterocycles. The lowest BCUT2D eigenvalue weighted by Crippen LogP contribution is -2.12. The molecule has 1 unspecified atom stereocenters. The largest absolute Gasteiger partial charge is 0.491 e. The molecule has 0 aliphatic heterocycles. The molecule has 0 aliphatic carbocycles. The number of anilines is 1. The lowest BCUT2D eigenvalue weighted by molar-refractivity contribution is 0.234. The number of nitrogen functional groups attached to an aromatic ring is 1. The first-order valence-corrected chi connectivity index (χ1v) is 6.10. The van der Waals surface area contributed by atoms with Gasteiger partial charge in [-0.2, -0.15) is 0 Å². The lowest BCUT2D eigenvalue weighted by atomic mass is 10.0. The van der Waals surface area contributed by atoms with Crippen molar-refractivity contribution in [2.45, 2.75) is 39.5 Å². The maximum atomic E-state index is 5.76. The second-order valence-corrected chi connectivity index (χ2v) is 4.14. The molecule has 1 atom stereocenters. The molecule has 0 aromatic carbocycles. The van der Waals surface area contributed by atoms with Gasteiger partial charge in [-0.1, -0.05) is 33.1 Å². The fraction of sp³-hybridized carbons (Fsp3) is 0.615. The van der Waals surface area contributed by atoms with Gasteiger partial charge in [0.1, 0.15) is 5.75 Å². The molecule has 1 aromatic rings. The summed E-state index contributed by atoms with van der Waals surface area (Å²) in [5, 5.41) is 0. The molecule has 0 saturated heterocycles. The number of rotatable bonds is 7. The highest BCUT2D eigenvalue weighted by Crippen LogP contribution is 2.21. The van der Waals surface area contributed by atoms with Gasteiger partial charge in [-0.3, -0.25) is 4.98 Å². The van der Waals surface area contributed by atoms with Crippen LogP contribution in [0.15, 0.2) is 18.5 Å². The Balaban J connectivity index is 2.40. The van der Waals surface area contributed by atoms with Crippen molar-refractivity contribution in [3.8, 4) is 5.75 Å². The van der Waals surface area contributed by atoms with Gasteiger partial charge < -0.3 is 10.5 Å². The number of hydrogen-bond donors (Lipinski definition) is 1. The molecule has 0 fully saturated rings. The zero-order valence-corrected chi connectivity index (χ0v) is 10.3. The van der Waals surface area contributed by atoms with Crippen LogP contribution in [0.3, 0.4) is 0 Å². The molecule has 2 N–H and O–H groups in total. The van der Waals surface area contributed by atoms with Gasteiger partial charge in [-0.25, -0.2) is 0 Å². The first-order chi connectivity index (χ1) is 7.77. The third-order valence-electron chi connectivity index (χ3n) is 2.83. The SMILES string of the molecule is CCCCC(CC)COc1ccncc1N. The first-order valence-electron chi connectivity index (χ1n) is 6.10. The highest BCUT2D eigenvalue weighted by Gasteiger charge is 2.07. The van der Waals surface area contributed by atoms with Gasteiger partial charge in [0, 0.05) is 12.3 Å². The van der Waals surface area contributed by atoms with Crippen LogP contribution >= 0.6 is 0 Å². The van der Waals surface area contributed by atoms with Crippen LogP contribution in [0.5, 0.6) is 5.75 Å². The number of aromatic nitrogens is 1. The quantitative estimate of drug-likeness (QED) is 0.770. The molecular formula is C13H22N2O. The number of nitrogens with two attached hydrogens (primary N) is 1. The van der Waals surface area contributed by atoms with Crippen LogP contribution in [0.4, 0.5) is 5.69 Å². The Morgan fingerprint density at radius 1 is 1.44 bits per heavy atom. The van der Waals surface area contributed by atoms with Crippen LogP contribution in [0.25, 0.3) is 0 Å². The molecule has 0 radical (unpaired) electrons. The molecule has 0 aliphatic rings. The Labute approximate surface area is 98.0 Å². The van der Waals surface area contributed by atoms with E-state index < -0.39 is 0 Å². The van der Waals surface area contributed by atoms with E-state index in [4.69, 9.17) is 10.5 Å². The number of hydrogen-bond acceptors (Lipinski definition) is 3. The number of pyridine rings is 1. The van der Waals surface area contributed by atoms with Crippen LogP contribution in [0.1, 0.15) is 39.5 Å². The van der Waals surface area contributed by atoms with E-state index in [-0.39, 0.29) is 0 Å². The second kappa shape index (κ2) is 7.09. The van der Waals surface area contributed by atoms with Crippen molar-refractivity contribution in [1.29, 1.82) is 0 Å².